The van der Waals surface area contributed by atoms with Gasteiger partial charge in [0.05, 0.1) is 0 Å². The van der Waals surface area contributed by atoms with Gasteiger partial charge in [0.15, 0.2) is 0 Å². The maximum Gasteiger partial charge on any atom is 0.321 e. The standard InChI is InChI=1S/C18H25NO2/c1-12(2)16(13-7-4-3-5-8-13)19-11-14-9-6-10-15(14)17(19)18(20)21/h3-5,7-8,12,14-17H,6,9-11H2,1-2H3,(H,20,21). The molecule has 4 atom stereocenters. The Bertz CT molecular complexity index is 499. The lowest BCUT2D eigenvalue weighted by atomic mass is 9.91. The first-order chi connectivity index (χ1) is 10.1. The van der Waals surface area contributed by atoms with E-state index in [1.807, 2.05) is 6.07 Å². The number of nitrogens with zero attached hydrogens (tertiary/aromatic N) is 1. The van der Waals surface area contributed by atoms with Crippen molar-refractivity contribution in [2.45, 2.75) is 45.2 Å². The predicted molar refractivity (Wildman–Crippen MR) is 83.0 cm³/mol. The first kappa shape index (κ1) is 14.6. The second kappa shape index (κ2) is 5.80. The van der Waals surface area contributed by atoms with Crippen LogP contribution in [0.4, 0.5) is 0 Å². The van der Waals surface area contributed by atoms with Crippen LogP contribution in [0.2, 0.25) is 0 Å². The van der Waals surface area contributed by atoms with Crippen LogP contribution in [0.1, 0.15) is 44.7 Å². The highest BCUT2D eigenvalue weighted by atomic mass is 16.4. The largest absolute Gasteiger partial charge is 0.480 e. The van der Waals surface area contributed by atoms with Crippen LogP contribution in [0.25, 0.3) is 0 Å². The van der Waals surface area contributed by atoms with E-state index in [1.165, 1.54) is 18.4 Å². The van der Waals surface area contributed by atoms with E-state index in [2.05, 4.69) is 43.0 Å². The maximum absolute atomic E-state index is 11.9. The summed E-state index contributed by atoms with van der Waals surface area (Å²) < 4.78 is 0. The molecule has 3 nitrogen and oxygen atoms in total. The van der Waals surface area contributed by atoms with Gasteiger partial charge in [-0.1, -0.05) is 50.6 Å². The van der Waals surface area contributed by atoms with Crippen LogP contribution >= 0.6 is 0 Å². The van der Waals surface area contributed by atoms with Crippen LogP contribution in [-0.2, 0) is 4.79 Å². The van der Waals surface area contributed by atoms with Gasteiger partial charge in [0.1, 0.15) is 6.04 Å². The highest BCUT2D eigenvalue weighted by molar-refractivity contribution is 5.74. The second-order valence-corrected chi connectivity index (χ2v) is 6.93. The first-order valence-corrected chi connectivity index (χ1v) is 8.13. The minimum absolute atomic E-state index is 0.206. The molecule has 114 valence electrons. The van der Waals surface area contributed by atoms with Gasteiger partial charge in [0, 0.05) is 12.6 Å². The summed E-state index contributed by atoms with van der Waals surface area (Å²) in [6, 6.07) is 10.3. The predicted octanol–water partition coefficient (Wildman–Crippen LogP) is 3.57. The molecule has 0 amide bonds. The van der Waals surface area contributed by atoms with E-state index >= 15 is 0 Å². The monoisotopic (exact) mass is 287 g/mol. The molecule has 2 fully saturated rings. The van der Waals surface area contributed by atoms with E-state index in [1.54, 1.807) is 0 Å². The van der Waals surface area contributed by atoms with Gasteiger partial charge in [-0.15, -0.1) is 0 Å². The van der Waals surface area contributed by atoms with Crippen molar-refractivity contribution in [3.63, 3.8) is 0 Å². The van der Waals surface area contributed by atoms with Crippen molar-refractivity contribution in [2.75, 3.05) is 6.54 Å². The Morgan fingerprint density at radius 2 is 1.95 bits per heavy atom. The number of hydrogen-bond donors (Lipinski definition) is 1. The van der Waals surface area contributed by atoms with E-state index in [9.17, 15) is 9.90 Å². The minimum atomic E-state index is -0.633. The zero-order valence-corrected chi connectivity index (χ0v) is 12.9. The van der Waals surface area contributed by atoms with Crippen LogP contribution in [0, 0.1) is 17.8 Å². The molecular formula is C18H25NO2. The van der Waals surface area contributed by atoms with Gasteiger partial charge in [0.25, 0.3) is 0 Å². The lowest BCUT2D eigenvalue weighted by molar-refractivity contribution is -0.144. The van der Waals surface area contributed by atoms with Crippen LogP contribution in [0.3, 0.4) is 0 Å². The molecule has 21 heavy (non-hydrogen) atoms. The van der Waals surface area contributed by atoms with Gasteiger partial charge in [-0.25, -0.2) is 0 Å². The van der Waals surface area contributed by atoms with Crippen LogP contribution in [0.15, 0.2) is 30.3 Å². The summed E-state index contributed by atoms with van der Waals surface area (Å²) >= 11 is 0. The summed E-state index contributed by atoms with van der Waals surface area (Å²) in [6.45, 7) is 5.34. The third-order valence-electron chi connectivity index (χ3n) is 5.31. The van der Waals surface area contributed by atoms with Gasteiger partial charge in [-0.05, 0) is 36.2 Å². The molecule has 1 aromatic rings. The molecule has 1 saturated heterocycles. The molecular weight excluding hydrogens is 262 g/mol. The van der Waals surface area contributed by atoms with E-state index in [0.29, 0.717) is 17.8 Å². The van der Waals surface area contributed by atoms with Crippen molar-refractivity contribution >= 4 is 5.97 Å². The quantitative estimate of drug-likeness (QED) is 0.920. The molecule has 1 heterocycles. The number of fused-ring (bicyclic) bond motifs is 1. The van der Waals surface area contributed by atoms with Crippen molar-refractivity contribution in [1.29, 1.82) is 0 Å². The van der Waals surface area contributed by atoms with Gasteiger partial charge < -0.3 is 5.11 Å². The van der Waals surface area contributed by atoms with Crippen molar-refractivity contribution < 1.29 is 9.90 Å². The topological polar surface area (TPSA) is 40.5 Å². The average molecular weight is 287 g/mol. The molecule has 3 rings (SSSR count). The van der Waals surface area contributed by atoms with E-state index in [4.69, 9.17) is 0 Å². The van der Waals surface area contributed by atoms with Gasteiger partial charge >= 0.3 is 5.97 Å². The number of aliphatic carboxylic acids is 1. The normalized spacial score (nSPS) is 30.5. The van der Waals surface area contributed by atoms with Crippen molar-refractivity contribution in [2.24, 2.45) is 17.8 Å². The summed E-state index contributed by atoms with van der Waals surface area (Å²) in [5, 5.41) is 9.77. The molecule has 1 aliphatic carbocycles. The lowest BCUT2D eigenvalue weighted by Crippen LogP contribution is -2.43. The fraction of sp³-hybridized carbons (Fsp3) is 0.611. The molecule has 4 unspecified atom stereocenters. The molecule has 0 aromatic heterocycles. The number of benzene rings is 1. The number of carbonyl (C=O) groups is 1. The fourth-order valence-electron chi connectivity index (χ4n) is 4.56. The molecule has 0 radical (unpaired) electrons. The fourth-order valence-corrected chi connectivity index (χ4v) is 4.56. The van der Waals surface area contributed by atoms with Gasteiger partial charge in [-0.2, -0.15) is 0 Å². The summed E-state index contributed by atoms with van der Waals surface area (Å²) in [5.41, 5.74) is 1.25. The molecule has 1 N–H and O–H groups in total. The second-order valence-electron chi connectivity index (χ2n) is 6.93. The van der Waals surface area contributed by atoms with E-state index < -0.39 is 5.97 Å². The molecule has 0 spiro atoms. The van der Waals surface area contributed by atoms with Gasteiger partial charge in [0.2, 0.25) is 0 Å². The number of carboxylic acids is 1. The minimum Gasteiger partial charge on any atom is -0.480 e. The van der Waals surface area contributed by atoms with Gasteiger partial charge in [-0.3, -0.25) is 9.69 Å². The molecule has 1 aliphatic heterocycles. The molecule has 1 aromatic carbocycles. The Labute approximate surface area is 127 Å². The Balaban J connectivity index is 1.94. The van der Waals surface area contributed by atoms with Crippen molar-refractivity contribution in [3.05, 3.63) is 35.9 Å². The smallest absolute Gasteiger partial charge is 0.321 e. The number of carboxylic acid groups (broad SMARTS) is 1. The number of hydrogen-bond acceptors (Lipinski definition) is 2. The number of likely N-dealkylation sites (tertiary alicyclic amines) is 1. The third kappa shape index (κ3) is 2.59. The SMILES string of the molecule is CC(C)C(c1ccccc1)N1CC2CCCC2C1C(=O)O. The van der Waals surface area contributed by atoms with Crippen molar-refractivity contribution in [3.8, 4) is 0 Å². The summed E-state index contributed by atoms with van der Waals surface area (Å²) in [4.78, 5) is 14.1. The zero-order valence-electron chi connectivity index (χ0n) is 12.9. The molecule has 3 heteroatoms. The summed E-state index contributed by atoms with van der Waals surface area (Å²) in [6.07, 6.45) is 3.48. The average Bonchev–Trinajstić information content (AvgIpc) is 2.99. The molecule has 1 saturated carbocycles. The van der Waals surface area contributed by atoms with Crippen LogP contribution < -0.4 is 0 Å². The highest BCUT2D eigenvalue weighted by Crippen LogP contribution is 2.46. The Kier molecular flexibility index (Phi) is 4.03. The molecule has 0 bridgehead atoms. The third-order valence-corrected chi connectivity index (χ3v) is 5.31. The van der Waals surface area contributed by atoms with Crippen LogP contribution in [-0.4, -0.2) is 28.6 Å². The van der Waals surface area contributed by atoms with E-state index in [0.717, 1.165) is 13.0 Å². The Morgan fingerprint density at radius 1 is 1.24 bits per heavy atom. The summed E-state index contributed by atoms with van der Waals surface area (Å²) in [7, 11) is 0. The maximum atomic E-state index is 11.9. The molecule has 2 aliphatic rings. The van der Waals surface area contributed by atoms with Crippen LogP contribution in [0.5, 0.6) is 0 Å². The highest BCUT2D eigenvalue weighted by Gasteiger charge is 2.50. The lowest BCUT2D eigenvalue weighted by Gasteiger charge is -2.35. The van der Waals surface area contributed by atoms with E-state index in [-0.39, 0.29) is 12.1 Å². The Hall–Kier alpha value is -1.35. The Morgan fingerprint density at radius 3 is 2.57 bits per heavy atom. The van der Waals surface area contributed by atoms with Crippen molar-refractivity contribution in [1.82, 2.24) is 4.90 Å². The zero-order chi connectivity index (χ0) is 15.0. The summed E-state index contributed by atoms with van der Waals surface area (Å²) in [5.74, 6) is 0.711. The first-order valence-electron chi connectivity index (χ1n) is 8.13. The number of rotatable bonds is 4.